The second-order valence-corrected chi connectivity index (χ2v) is 14.0. The molecule has 8 atom stereocenters. The van der Waals surface area contributed by atoms with E-state index >= 15 is 0 Å². The van der Waals surface area contributed by atoms with E-state index in [4.69, 9.17) is 15.0 Å². The highest BCUT2D eigenvalue weighted by Gasteiger charge is 2.45. The second-order valence-electron chi connectivity index (χ2n) is 9.93. The van der Waals surface area contributed by atoms with Gasteiger partial charge in [-0.25, -0.2) is 29.4 Å². The van der Waals surface area contributed by atoms with E-state index < -0.39 is 32.3 Å². The van der Waals surface area contributed by atoms with Gasteiger partial charge in [-0.2, -0.15) is 11.8 Å². The zero-order valence-corrected chi connectivity index (χ0v) is 24.4. The Balaban J connectivity index is 0.976. The van der Waals surface area contributed by atoms with Crippen LogP contribution in [0.3, 0.4) is 0 Å². The first-order valence-electron chi connectivity index (χ1n) is 13.1. The number of thioether (sulfide) groups is 2. The van der Waals surface area contributed by atoms with Crippen molar-refractivity contribution < 1.29 is 38.5 Å². The Bertz CT molecular complexity index is 1310. The lowest BCUT2D eigenvalue weighted by Crippen LogP contribution is -2.37. The maximum absolute atomic E-state index is 12.4. The Labute approximate surface area is 243 Å². The summed E-state index contributed by atoms with van der Waals surface area (Å²) in [5.74, 6) is 1.25. The van der Waals surface area contributed by atoms with Gasteiger partial charge in [-0.3, -0.25) is 13.9 Å². The van der Waals surface area contributed by atoms with Crippen molar-refractivity contribution in [3.05, 3.63) is 12.7 Å². The fraction of sp³-hybridized carbons (Fsp3) is 0.682. The molecule has 226 valence electrons. The minimum absolute atomic E-state index is 0.0244. The number of hydrogen-bond donors (Lipinski definition) is 7. The standard InChI is InChI=1S/C22H33N8O8PS2/c23-19-16-20(25-9-24-19)30(10-26-16)21-18(33)17(32)12(38-21)7-27-39(35,36)37-5-6-40-14(31)4-2-1-3-13-15-11(8-41-13)28-22(34)29-15/h9-13,15,17-18,21,32-33H,1-8H2,(H2,23,24,25)(H2,27,35,36)(H2,28,29,34)/t11?,12-,13+,15?,17-,18-,21-/m1/s1. The average molecular weight is 633 g/mol. The zero-order valence-electron chi connectivity index (χ0n) is 21.9. The maximum Gasteiger partial charge on any atom is 0.403 e. The minimum atomic E-state index is -4.27. The van der Waals surface area contributed by atoms with Crippen LogP contribution in [0.25, 0.3) is 11.2 Å². The minimum Gasteiger partial charge on any atom is -0.387 e. The van der Waals surface area contributed by atoms with Crippen molar-refractivity contribution in [1.29, 1.82) is 0 Å². The molecule has 41 heavy (non-hydrogen) atoms. The Morgan fingerprint density at radius 3 is 2.95 bits per heavy atom. The highest BCUT2D eigenvalue weighted by Crippen LogP contribution is 2.39. The summed E-state index contributed by atoms with van der Waals surface area (Å²) in [6.07, 6.45) is 0.655. The summed E-state index contributed by atoms with van der Waals surface area (Å²) < 4.78 is 24.6. The van der Waals surface area contributed by atoms with Crippen LogP contribution in [0.15, 0.2) is 12.7 Å². The summed E-state index contributed by atoms with van der Waals surface area (Å²) in [6, 6.07) is 0.226. The number of anilines is 1. The average Bonchev–Trinajstić information content (AvgIpc) is 3.68. The highest BCUT2D eigenvalue weighted by molar-refractivity contribution is 8.13. The van der Waals surface area contributed by atoms with E-state index in [2.05, 4.69) is 30.7 Å². The number of carbonyl (C=O) groups excluding carboxylic acids is 2. The number of hydrogen-bond acceptors (Lipinski definition) is 13. The van der Waals surface area contributed by atoms with Gasteiger partial charge in [-0.05, 0) is 12.8 Å². The molecule has 0 bridgehead atoms. The molecule has 3 fully saturated rings. The molecule has 0 saturated carbocycles. The highest BCUT2D eigenvalue weighted by atomic mass is 32.2. The van der Waals surface area contributed by atoms with Crippen molar-refractivity contribution in [2.75, 3.05) is 30.4 Å². The van der Waals surface area contributed by atoms with Gasteiger partial charge in [-0.15, -0.1) is 0 Å². The molecule has 3 aliphatic rings. The third-order valence-electron chi connectivity index (χ3n) is 7.16. The lowest BCUT2D eigenvalue weighted by molar-refractivity contribution is -0.111. The predicted octanol–water partition coefficient (Wildman–Crippen LogP) is -0.280. The van der Waals surface area contributed by atoms with E-state index in [0.29, 0.717) is 22.8 Å². The lowest BCUT2D eigenvalue weighted by Gasteiger charge is -2.18. The van der Waals surface area contributed by atoms with Gasteiger partial charge in [0.2, 0.25) is 0 Å². The summed E-state index contributed by atoms with van der Waals surface area (Å²) in [7, 11) is -4.27. The van der Waals surface area contributed by atoms with Crippen LogP contribution in [0.4, 0.5) is 10.6 Å². The molecule has 3 aliphatic heterocycles. The van der Waals surface area contributed by atoms with Gasteiger partial charge < -0.3 is 36.2 Å². The van der Waals surface area contributed by atoms with Crippen molar-refractivity contribution in [1.82, 2.24) is 35.2 Å². The summed E-state index contributed by atoms with van der Waals surface area (Å²) in [5.41, 5.74) is 6.40. The number of aliphatic hydroxyl groups excluding tert-OH is 2. The molecule has 2 amide bonds. The van der Waals surface area contributed by atoms with Crippen LogP contribution in [0.2, 0.25) is 0 Å². The van der Waals surface area contributed by atoms with E-state index in [0.717, 1.165) is 36.8 Å². The SMILES string of the molecule is Nc1ncnc2c1ncn2[C@@H]1O[C@H](CNP(=O)(O)OCCSC(=O)CCCC[C@@H]2SCC3NC(=O)NC32)[C@@H](O)[C@H]1O. The number of rotatable bonds is 13. The van der Waals surface area contributed by atoms with Crippen molar-refractivity contribution in [3.8, 4) is 0 Å². The van der Waals surface area contributed by atoms with Crippen LogP contribution in [0, 0.1) is 0 Å². The number of carbonyl (C=O) groups is 2. The van der Waals surface area contributed by atoms with E-state index in [1.165, 1.54) is 17.2 Å². The summed E-state index contributed by atoms with van der Waals surface area (Å²) in [6.45, 7) is -0.438. The topological polar surface area (TPSA) is 236 Å². The van der Waals surface area contributed by atoms with Crippen LogP contribution in [0.1, 0.15) is 31.9 Å². The number of unbranched alkanes of at least 4 members (excludes halogenated alkanes) is 1. The first-order chi connectivity index (χ1) is 19.6. The third kappa shape index (κ3) is 7.14. The smallest absolute Gasteiger partial charge is 0.387 e. The third-order valence-corrected chi connectivity index (χ3v) is 10.7. The van der Waals surface area contributed by atoms with Gasteiger partial charge in [0, 0.05) is 29.7 Å². The van der Waals surface area contributed by atoms with Crippen LogP contribution in [-0.2, 0) is 18.6 Å². The second kappa shape index (κ2) is 13.1. The number of nitrogens with zero attached hydrogens (tertiary/aromatic N) is 4. The number of aliphatic hydroxyl groups is 2. The molecule has 0 aromatic carbocycles. The quantitative estimate of drug-likeness (QED) is 0.0854. The Morgan fingerprint density at radius 2 is 2.12 bits per heavy atom. The summed E-state index contributed by atoms with van der Waals surface area (Å²) in [5, 5.41) is 29.5. The molecule has 0 radical (unpaired) electrons. The number of aromatic nitrogens is 4. The zero-order chi connectivity index (χ0) is 29.1. The van der Waals surface area contributed by atoms with Gasteiger partial charge >= 0.3 is 13.8 Å². The molecule has 19 heteroatoms. The number of nitrogens with one attached hydrogen (secondary N) is 3. The molecule has 5 rings (SSSR count). The van der Waals surface area contributed by atoms with E-state index in [1.807, 2.05) is 11.8 Å². The van der Waals surface area contributed by atoms with E-state index in [-0.39, 0.29) is 48.0 Å². The predicted molar refractivity (Wildman–Crippen MR) is 151 cm³/mol. The van der Waals surface area contributed by atoms with Gasteiger partial charge in [0.05, 0.1) is 25.0 Å². The maximum atomic E-state index is 12.4. The number of nitrogen functional groups attached to an aromatic ring is 1. The number of urea groups is 1. The van der Waals surface area contributed by atoms with Crippen LogP contribution in [0.5, 0.6) is 0 Å². The number of nitrogens with two attached hydrogens (primary N) is 1. The summed E-state index contributed by atoms with van der Waals surface area (Å²) >= 11 is 2.88. The molecule has 0 spiro atoms. The monoisotopic (exact) mass is 632 g/mol. The van der Waals surface area contributed by atoms with Crippen LogP contribution in [-0.4, -0.2) is 106 Å². The molecule has 2 aromatic heterocycles. The summed E-state index contributed by atoms with van der Waals surface area (Å²) in [4.78, 5) is 45.8. The molecule has 3 unspecified atom stereocenters. The normalized spacial score (nSPS) is 30.7. The molecule has 0 aliphatic carbocycles. The fourth-order valence-electron chi connectivity index (χ4n) is 5.08. The fourth-order valence-corrected chi connectivity index (χ4v) is 8.27. The molecule has 3 saturated heterocycles. The van der Waals surface area contributed by atoms with Crippen LogP contribution < -0.4 is 21.5 Å². The van der Waals surface area contributed by atoms with Gasteiger partial charge in [-0.1, -0.05) is 18.2 Å². The van der Waals surface area contributed by atoms with Crippen LogP contribution >= 0.6 is 31.3 Å². The first-order valence-corrected chi connectivity index (χ1v) is 16.8. The van der Waals surface area contributed by atoms with Crippen molar-refractivity contribution in [2.45, 2.75) is 67.6 Å². The van der Waals surface area contributed by atoms with Gasteiger partial charge in [0.1, 0.15) is 30.2 Å². The number of amides is 2. The van der Waals surface area contributed by atoms with E-state index in [9.17, 15) is 29.3 Å². The van der Waals surface area contributed by atoms with Crippen molar-refractivity contribution in [3.63, 3.8) is 0 Å². The van der Waals surface area contributed by atoms with Crippen molar-refractivity contribution >= 4 is 59.4 Å². The molecule has 16 nitrogen and oxygen atoms in total. The number of ether oxygens (including phenoxy) is 1. The van der Waals surface area contributed by atoms with E-state index in [1.54, 1.807) is 0 Å². The van der Waals surface area contributed by atoms with Gasteiger partial charge in [0.15, 0.2) is 22.8 Å². The number of imidazole rings is 1. The molecule has 5 heterocycles. The number of fused-ring (bicyclic) bond motifs is 2. The first kappa shape index (κ1) is 30.4. The Morgan fingerprint density at radius 1 is 1.29 bits per heavy atom. The molecular weight excluding hydrogens is 599 g/mol. The molecule has 8 N–H and O–H groups in total. The van der Waals surface area contributed by atoms with Gasteiger partial charge in [0.25, 0.3) is 0 Å². The molecule has 2 aromatic rings. The Kier molecular flexibility index (Phi) is 9.72. The lowest BCUT2D eigenvalue weighted by atomic mass is 10.0. The Hall–Kier alpha value is -2.02. The molecular formula is C22H33N8O8PS2. The van der Waals surface area contributed by atoms with Crippen molar-refractivity contribution in [2.24, 2.45) is 0 Å². The largest absolute Gasteiger partial charge is 0.403 e.